The van der Waals surface area contributed by atoms with Crippen LogP contribution in [0.4, 0.5) is 0 Å². The molecule has 0 amide bonds. The van der Waals surface area contributed by atoms with Gasteiger partial charge in [-0.2, -0.15) is 0 Å². The second kappa shape index (κ2) is 5.78. The topological polar surface area (TPSA) is 47.9 Å². The fourth-order valence-electron chi connectivity index (χ4n) is 2.46. The van der Waals surface area contributed by atoms with E-state index < -0.39 is 0 Å². The summed E-state index contributed by atoms with van der Waals surface area (Å²) in [5.41, 5.74) is 1.80. The number of hydrogen-bond acceptors (Lipinski definition) is 4. The Labute approximate surface area is 112 Å². The molecule has 19 heavy (non-hydrogen) atoms. The van der Waals surface area contributed by atoms with Crippen LogP contribution >= 0.6 is 0 Å². The fourth-order valence-corrected chi connectivity index (χ4v) is 2.46. The van der Waals surface area contributed by atoms with E-state index in [9.17, 15) is 0 Å². The maximum Gasteiger partial charge on any atom is 0.240 e. The van der Waals surface area contributed by atoms with Gasteiger partial charge < -0.3 is 4.74 Å². The summed E-state index contributed by atoms with van der Waals surface area (Å²) in [5, 5.41) is 0. The molecule has 1 aliphatic carbocycles. The summed E-state index contributed by atoms with van der Waals surface area (Å²) >= 11 is 0. The maximum absolute atomic E-state index is 6.05. The molecule has 4 heteroatoms. The normalized spacial score (nSPS) is 16.2. The molecule has 0 aliphatic heterocycles. The zero-order valence-electron chi connectivity index (χ0n) is 10.8. The molecule has 0 unspecified atom stereocenters. The predicted octanol–water partition coefficient (Wildman–Crippen LogP) is 3.25. The Balaban J connectivity index is 1.85. The summed E-state index contributed by atoms with van der Waals surface area (Å²) in [5.74, 6) is 0.639. The van der Waals surface area contributed by atoms with Crippen LogP contribution in [0.1, 0.15) is 32.1 Å². The molecule has 2 aromatic rings. The van der Waals surface area contributed by atoms with E-state index in [1.165, 1.54) is 19.3 Å². The maximum atomic E-state index is 6.05. The lowest BCUT2D eigenvalue weighted by Gasteiger charge is -2.23. The number of hydrogen-bond donors (Lipinski definition) is 0. The minimum atomic E-state index is 0.283. The standard InChI is InChI=1S/C15H17N3O/c1-2-4-13(5-3-1)19-15-14(17-10-11-18-15)12-6-8-16-9-7-12/h6-11,13H,1-5H2. The summed E-state index contributed by atoms with van der Waals surface area (Å²) < 4.78 is 6.05. The van der Waals surface area contributed by atoms with Crippen molar-refractivity contribution in [2.24, 2.45) is 0 Å². The number of nitrogens with zero attached hydrogens (tertiary/aromatic N) is 3. The van der Waals surface area contributed by atoms with Crippen molar-refractivity contribution in [3.8, 4) is 17.1 Å². The van der Waals surface area contributed by atoms with Crippen molar-refractivity contribution >= 4 is 0 Å². The van der Waals surface area contributed by atoms with Gasteiger partial charge >= 0.3 is 0 Å². The molecule has 98 valence electrons. The Morgan fingerprint density at radius 2 is 1.63 bits per heavy atom. The van der Waals surface area contributed by atoms with Crippen LogP contribution in [-0.4, -0.2) is 21.1 Å². The highest BCUT2D eigenvalue weighted by Crippen LogP contribution is 2.28. The average Bonchev–Trinajstić information content (AvgIpc) is 2.50. The van der Waals surface area contributed by atoms with Crippen molar-refractivity contribution in [1.82, 2.24) is 15.0 Å². The van der Waals surface area contributed by atoms with Crippen LogP contribution in [0.3, 0.4) is 0 Å². The van der Waals surface area contributed by atoms with Crippen LogP contribution in [0.2, 0.25) is 0 Å². The molecular weight excluding hydrogens is 238 g/mol. The molecule has 1 saturated carbocycles. The predicted molar refractivity (Wildman–Crippen MR) is 72.8 cm³/mol. The minimum absolute atomic E-state index is 0.283. The molecule has 2 heterocycles. The molecule has 3 rings (SSSR count). The summed E-state index contributed by atoms with van der Waals surface area (Å²) in [7, 11) is 0. The molecular formula is C15H17N3O. The number of pyridine rings is 1. The molecule has 0 spiro atoms. The third kappa shape index (κ3) is 2.89. The average molecular weight is 255 g/mol. The Morgan fingerprint density at radius 1 is 0.895 bits per heavy atom. The molecule has 1 aliphatic rings. The Hall–Kier alpha value is -1.97. The minimum Gasteiger partial charge on any atom is -0.473 e. The molecule has 0 bridgehead atoms. The van der Waals surface area contributed by atoms with E-state index >= 15 is 0 Å². The lowest BCUT2D eigenvalue weighted by atomic mass is 9.98. The van der Waals surface area contributed by atoms with Gasteiger partial charge in [0.15, 0.2) is 0 Å². The molecule has 4 nitrogen and oxygen atoms in total. The van der Waals surface area contributed by atoms with Gasteiger partial charge in [-0.25, -0.2) is 9.97 Å². The van der Waals surface area contributed by atoms with E-state index in [1.807, 2.05) is 12.1 Å². The zero-order valence-corrected chi connectivity index (χ0v) is 10.8. The highest BCUT2D eigenvalue weighted by Gasteiger charge is 2.18. The number of aromatic nitrogens is 3. The summed E-state index contributed by atoms with van der Waals surface area (Å²) in [4.78, 5) is 12.8. The summed E-state index contributed by atoms with van der Waals surface area (Å²) in [6.45, 7) is 0. The first-order valence-corrected chi connectivity index (χ1v) is 6.81. The van der Waals surface area contributed by atoms with Gasteiger partial charge in [0.2, 0.25) is 5.88 Å². The largest absolute Gasteiger partial charge is 0.473 e. The van der Waals surface area contributed by atoms with Gasteiger partial charge in [0, 0.05) is 30.4 Å². The highest BCUT2D eigenvalue weighted by molar-refractivity contribution is 5.63. The summed E-state index contributed by atoms with van der Waals surface area (Å²) in [6.07, 6.45) is 13.2. The first-order chi connectivity index (χ1) is 9.43. The molecule has 0 atom stereocenters. The third-order valence-corrected chi connectivity index (χ3v) is 3.45. The summed E-state index contributed by atoms with van der Waals surface area (Å²) in [6, 6.07) is 3.86. The van der Waals surface area contributed by atoms with E-state index in [2.05, 4.69) is 15.0 Å². The Morgan fingerprint density at radius 3 is 2.42 bits per heavy atom. The van der Waals surface area contributed by atoms with Crippen LogP contribution in [0.25, 0.3) is 11.3 Å². The van der Waals surface area contributed by atoms with Crippen LogP contribution < -0.4 is 4.74 Å². The monoisotopic (exact) mass is 255 g/mol. The number of ether oxygens (including phenoxy) is 1. The van der Waals surface area contributed by atoms with Gasteiger partial charge in [-0.1, -0.05) is 6.42 Å². The van der Waals surface area contributed by atoms with E-state index in [0.717, 1.165) is 24.1 Å². The molecule has 0 saturated heterocycles. The first-order valence-electron chi connectivity index (χ1n) is 6.81. The van der Waals surface area contributed by atoms with Crippen molar-refractivity contribution in [3.63, 3.8) is 0 Å². The highest BCUT2D eigenvalue weighted by atomic mass is 16.5. The second-order valence-electron chi connectivity index (χ2n) is 4.82. The van der Waals surface area contributed by atoms with Crippen LogP contribution in [-0.2, 0) is 0 Å². The van der Waals surface area contributed by atoms with Gasteiger partial charge in [-0.15, -0.1) is 0 Å². The Bertz CT molecular complexity index is 524. The second-order valence-corrected chi connectivity index (χ2v) is 4.82. The van der Waals surface area contributed by atoms with Gasteiger partial charge in [0.25, 0.3) is 0 Å². The van der Waals surface area contributed by atoms with Crippen LogP contribution in [0.5, 0.6) is 5.88 Å². The molecule has 1 fully saturated rings. The zero-order chi connectivity index (χ0) is 12.9. The lowest BCUT2D eigenvalue weighted by molar-refractivity contribution is 0.149. The van der Waals surface area contributed by atoms with Crippen molar-refractivity contribution in [1.29, 1.82) is 0 Å². The van der Waals surface area contributed by atoms with Crippen LogP contribution in [0.15, 0.2) is 36.9 Å². The number of rotatable bonds is 3. The van der Waals surface area contributed by atoms with Crippen molar-refractivity contribution < 1.29 is 4.74 Å². The quantitative estimate of drug-likeness (QED) is 0.844. The fraction of sp³-hybridized carbons (Fsp3) is 0.400. The van der Waals surface area contributed by atoms with Crippen molar-refractivity contribution in [2.45, 2.75) is 38.2 Å². The van der Waals surface area contributed by atoms with Gasteiger partial charge in [-0.3, -0.25) is 4.98 Å². The van der Waals surface area contributed by atoms with E-state index in [1.54, 1.807) is 24.8 Å². The first kappa shape index (κ1) is 12.1. The van der Waals surface area contributed by atoms with E-state index in [4.69, 9.17) is 4.74 Å². The van der Waals surface area contributed by atoms with Gasteiger partial charge in [0.1, 0.15) is 11.8 Å². The van der Waals surface area contributed by atoms with Crippen LogP contribution in [0, 0.1) is 0 Å². The molecule has 0 N–H and O–H groups in total. The molecule has 0 aromatic carbocycles. The van der Waals surface area contributed by atoms with Crippen molar-refractivity contribution in [3.05, 3.63) is 36.9 Å². The van der Waals surface area contributed by atoms with E-state index in [-0.39, 0.29) is 6.10 Å². The Kier molecular flexibility index (Phi) is 3.68. The third-order valence-electron chi connectivity index (χ3n) is 3.45. The SMILES string of the molecule is c1cc(-c2nccnc2OC2CCCCC2)ccn1. The molecule has 2 aromatic heterocycles. The van der Waals surface area contributed by atoms with Gasteiger partial charge in [0.05, 0.1) is 0 Å². The van der Waals surface area contributed by atoms with Crippen molar-refractivity contribution in [2.75, 3.05) is 0 Å². The van der Waals surface area contributed by atoms with Gasteiger partial charge in [-0.05, 0) is 37.8 Å². The lowest BCUT2D eigenvalue weighted by Crippen LogP contribution is -2.20. The smallest absolute Gasteiger partial charge is 0.240 e. The van der Waals surface area contributed by atoms with E-state index in [0.29, 0.717) is 5.88 Å². The molecule has 0 radical (unpaired) electrons.